The largest absolute Gasteiger partial charge is 0.352 e. The highest BCUT2D eigenvalue weighted by molar-refractivity contribution is 7.88. The van der Waals surface area contributed by atoms with E-state index in [1.54, 1.807) is 23.9 Å². The topological polar surface area (TPSA) is 90.0 Å². The van der Waals surface area contributed by atoms with E-state index in [-0.39, 0.29) is 23.9 Å². The summed E-state index contributed by atoms with van der Waals surface area (Å²) in [4.78, 5) is 27.7. The highest BCUT2D eigenvalue weighted by Crippen LogP contribution is 2.20. The Hall–Kier alpha value is -1.35. The summed E-state index contributed by atoms with van der Waals surface area (Å²) in [7, 11) is 0.229. The van der Waals surface area contributed by atoms with Crippen molar-refractivity contribution in [3.05, 3.63) is 0 Å². The quantitative estimate of drug-likeness (QED) is 0.762. The van der Waals surface area contributed by atoms with Gasteiger partial charge in [-0.15, -0.1) is 0 Å². The number of rotatable bonds is 3. The molecular formula is C15H28N4O4S. The summed E-state index contributed by atoms with van der Waals surface area (Å²) >= 11 is 0. The molecule has 2 heterocycles. The van der Waals surface area contributed by atoms with E-state index < -0.39 is 10.0 Å². The minimum atomic E-state index is -3.21. The molecule has 9 heteroatoms. The van der Waals surface area contributed by atoms with Gasteiger partial charge in [0.1, 0.15) is 0 Å². The lowest BCUT2D eigenvalue weighted by Crippen LogP contribution is -2.52. The molecule has 0 saturated carbocycles. The van der Waals surface area contributed by atoms with Crippen molar-refractivity contribution in [3.8, 4) is 0 Å². The van der Waals surface area contributed by atoms with Gasteiger partial charge in [-0.05, 0) is 25.7 Å². The fourth-order valence-corrected chi connectivity index (χ4v) is 4.21. The zero-order chi connectivity index (χ0) is 17.9. The molecule has 0 radical (unpaired) electrons. The molecule has 2 fully saturated rings. The summed E-state index contributed by atoms with van der Waals surface area (Å²) in [6.45, 7) is 2.03. The molecule has 0 bridgehead atoms. The van der Waals surface area contributed by atoms with E-state index in [2.05, 4.69) is 5.32 Å². The van der Waals surface area contributed by atoms with Crippen molar-refractivity contribution >= 4 is 22.0 Å². The lowest BCUT2D eigenvalue weighted by atomic mass is 9.95. The molecule has 24 heavy (non-hydrogen) atoms. The van der Waals surface area contributed by atoms with Crippen molar-refractivity contribution < 1.29 is 18.0 Å². The van der Waals surface area contributed by atoms with Crippen LogP contribution < -0.4 is 5.32 Å². The monoisotopic (exact) mass is 360 g/mol. The second-order valence-corrected chi connectivity index (χ2v) is 8.89. The lowest BCUT2D eigenvalue weighted by molar-refractivity contribution is -0.127. The number of nitrogens with one attached hydrogen (secondary N) is 1. The third-order valence-electron chi connectivity index (χ3n) is 4.72. The Labute approximate surface area is 144 Å². The Balaban J connectivity index is 1.82. The fourth-order valence-electron chi connectivity index (χ4n) is 3.30. The van der Waals surface area contributed by atoms with Gasteiger partial charge < -0.3 is 15.1 Å². The van der Waals surface area contributed by atoms with Crippen LogP contribution in [0.4, 0.5) is 4.79 Å². The van der Waals surface area contributed by atoms with Gasteiger partial charge >= 0.3 is 6.03 Å². The van der Waals surface area contributed by atoms with E-state index in [9.17, 15) is 18.0 Å². The van der Waals surface area contributed by atoms with Gasteiger partial charge in [-0.2, -0.15) is 0 Å². The predicted octanol–water partition coefficient (Wildman–Crippen LogP) is -0.0798. The first-order valence-electron chi connectivity index (χ1n) is 8.40. The average molecular weight is 360 g/mol. The van der Waals surface area contributed by atoms with Gasteiger partial charge in [0.15, 0.2) is 0 Å². The normalized spacial score (nSPS) is 23.8. The molecule has 0 aromatic heterocycles. The van der Waals surface area contributed by atoms with Crippen LogP contribution in [-0.2, 0) is 14.8 Å². The molecular weight excluding hydrogens is 332 g/mol. The fraction of sp³-hybridized carbons (Fsp3) is 0.867. The number of piperidine rings is 2. The number of nitrogens with zero attached hydrogens (tertiary/aromatic N) is 3. The van der Waals surface area contributed by atoms with Gasteiger partial charge in [0, 0.05) is 52.2 Å². The standard InChI is InChI=1S/C15H28N4O4S/c1-17(2)15(21)18-9-6-12(7-10-18)14(20)16-13-5-4-8-19(11-13)24(3,22)23/h12-13H,4-11H2,1-3H3,(H,16,20). The number of hydrogen-bond acceptors (Lipinski definition) is 4. The average Bonchev–Trinajstić information content (AvgIpc) is 2.53. The first kappa shape index (κ1) is 19.0. The summed E-state index contributed by atoms with van der Waals surface area (Å²) in [5, 5.41) is 3.00. The minimum Gasteiger partial charge on any atom is -0.352 e. The highest BCUT2D eigenvalue weighted by atomic mass is 32.2. The first-order valence-corrected chi connectivity index (χ1v) is 10.2. The van der Waals surface area contributed by atoms with Gasteiger partial charge in [0.25, 0.3) is 0 Å². The SMILES string of the molecule is CN(C)C(=O)N1CCC(C(=O)NC2CCCN(S(C)(=O)=O)C2)CC1. The number of hydrogen-bond donors (Lipinski definition) is 1. The second kappa shape index (κ2) is 7.69. The van der Waals surface area contributed by atoms with Crippen molar-refractivity contribution in [3.63, 3.8) is 0 Å². The maximum absolute atomic E-state index is 12.4. The molecule has 0 aliphatic carbocycles. The third-order valence-corrected chi connectivity index (χ3v) is 5.99. The first-order chi connectivity index (χ1) is 11.2. The van der Waals surface area contributed by atoms with Gasteiger partial charge in [-0.3, -0.25) is 4.79 Å². The van der Waals surface area contributed by atoms with Crippen molar-refractivity contribution in [2.24, 2.45) is 5.92 Å². The molecule has 0 aromatic carbocycles. The smallest absolute Gasteiger partial charge is 0.319 e. The van der Waals surface area contributed by atoms with E-state index in [1.165, 1.54) is 10.6 Å². The molecule has 3 amide bonds. The molecule has 8 nitrogen and oxygen atoms in total. The molecule has 0 aromatic rings. The zero-order valence-electron chi connectivity index (χ0n) is 14.7. The Morgan fingerprint density at radius 1 is 1.08 bits per heavy atom. The summed E-state index contributed by atoms with van der Waals surface area (Å²) in [5.41, 5.74) is 0. The number of urea groups is 1. The van der Waals surface area contributed by atoms with E-state index in [0.717, 1.165) is 12.8 Å². The van der Waals surface area contributed by atoms with Crippen LogP contribution in [0.1, 0.15) is 25.7 Å². The summed E-state index contributed by atoms with van der Waals surface area (Å²) in [5.74, 6) is -0.128. The second-order valence-electron chi connectivity index (χ2n) is 6.91. The third kappa shape index (κ3) is 4.83. The minimum absolute atomic E-state index is 0.0210. The van der Waals surface area contributed by atoms with Crippen molar-refractivity contribution in [2.75, 3.05) is 46.5 Å². The van der Waals surface area contributed by atoms with Crippen LogP contribution in [0.2, 0.25) is 0 Å². The molecule has 2 aliphatic heterocycles. The van der Waals surface area contributed by atoms with Gasteiger partial charge in [-0.1, -0.05) is 0 Å². The van der Waals surface area contributed by atoms with Crippen LogP contribution >= 0.6 is 0 Å². The number of carbonyl (C=O) groups is 2. The Kier molecular flexibility index (Phi) is 6.08. The number of amides is 3. The number of sulfonamides is 1. The zero-order valence-corrected chi connectivity index (χ0v) is 15.5. The Morgan fingerprint density at radius 3 is 2.25 bits per heavy atom. The molecule has 2 aliphatic rings. The van der Waals surface area contributed by atoms with Crippen LogP contribution in [-0.4, -0.2) is 87.0 Å². The molecule has 1 unspecified atom stereocenters. The number of carbonyl (C=O) groups excluding carboxylic acids is 2. The molecule has 2 saturated heterocycles. The Morgan fingerprint density at radius 2 is 1.71 bits per heavy atom. The van der Waals surface area contributed by atoms with Crippen LogP contribution in [0, 0.1) is 5.92 Å². The van der Waals surface area contributed by atoms with Crippen LogP contribution in [0.5, 0.6) is 0 Å². The van der Waals surface area contributed by atoms with Gasteiger partial charge in [-0.25, -0.2) is 17.5 Å². The highest BCUT2D eigenvalue weighted by Gasteiger charge is 2.31. The van der Waals surface area contributed by atoms with E-state index >= 15 is 0 Å². The van der Waals surface area contributed by atoms with E-state index in [4.69, 9.17) is 0 Å². The summed E-state index contributed by atoms with van der Waals surface area (Å²) in [6.07, 6.45) is 4.06. The Bertz CT molecular complexity index is 570. The number of likely N-dealkylation sites (tertiary alicyclic amines) is 1. The molecule has 138 valence electrons. The van der Waals surface area contributed by atoms with Gasteiger partial charge in [0.2, 0.25) is 15.9 Å². The molecule has 1 N–H and O–H groups in total. The predicted molar refractivity (Wildman–Crippen MR) is 91.0 cm³/mol. The van der Waals surface area contributed by atoms with Crippen molar-refractivity contribution in [1.82, 2.24) is 19.4 Å². The van der Waals surface area contributed by atoms with Crippen LogP contribution in [0.3, 0.4) is 0 Å². The lowest BCUT2D eigenvalue weighted by Gasteiger charge is -2.35. The van der Waals surface area contributed by atoms with Crippen molar-refractivity contribution in [2.45, 2.75) is 31.7 Å². The van der Waals surface area contributed by atoms with Crippen LogP contribution in [0.25, 0.3) is 0 Å². The van der Waals surface area contributed by atoms with E-state index in [0.29, 0.717) is 39.0 Å². The summed E-state index contributed by atoms with van der Waals surface area (Å²) in [6, 6.07) is -0.146. The molecule has 1 atom stereocenters. The van der Waals surface area contributed by atoms with Crippen molar-refractivity contribution in [1.29, 1.82) is 0 Å². The summed E-state index contributed by atoms with van der Waals surface area (Å²) < 4.78 is 24.7. The maximum atomic E-state index is 12.4. The van der Waals surface area contributed by atoms with Gasteiger partial charge in [0.05, 0.1) is 6.26 Å². The van der Waals surface area contributed by atoms with E-state index in [1.807, 2.05) is 0 Å². The molecule has 0 spiro atoms. The van der Waals surface area contributed by atoms with Crippen LogP contribution in [0.15, 0.2) is 0 Å². The maximum Gasteiger partial charge on any atom is 0.319 e. The molecule has 2 rings (SSSR count).